The van der Waals surface area contributed by atoms with E-state index in [0.717, 1.165) is 36.9 Å². The molecule has 1 aliphatic heterocycles. The average Bonchev–Trinajstić information content (AvgIpc) is 2.77. The maximum Gasteiger partial charge on any atom is 0.123 e. The molecule has 0 aliphatic carbocycles. The van der Waals surface area contributed by atoms with Crippen LogP contribution in [0.25, 0.3) is 0 Å². The highest BCUT2D eigenvalue weighted by atomic mass is 32.1. The van der Waals surface area contributed by atoms with Gasteiger partial charge in [0.2, 0.25) is 0 Å². The highest BCUT2D eigenvalue weighted by molar-refractivity contribution is 7.11. The van der Waals surface area contributed by atoms with Crippen LogP contribution in [0.2, 0.25) is 0 Å². The molecule has 1 aromatic rings. The highest BCUT2D eigenvalue weighted by Crippen LogP contribution is 2.29. The zero-order chi connectivity index (χ0) is 15.6. The summed E-state index contributed by atoms with van der Waals surface area (Å²) >= 11 is 1.80. The van der Waals surface area contributed by atoms with Crippen LogP contribution in [0.4, 0.5) is 0 Å². The summed E-state index contributed by atoms with van der Waals surface area (Å²) < 4.78 is 5.94. The quantitative estimate of drug-likeness (QED) is 0.927. The fourth-order valence-electron chi connectivity index (χ4n) is 2.39. The van der Waals surface area contributed by atoms with Crippen molar-refractivity contribution in [1.82, 2.24) is 15.2 Å². The van der Waals surface area contributed by atoms with Crippen LogP contribution in [-0.2, 0) is 11.3 Å². The van der Waals surface area contributed by atoms with Crippen LogP contribution in [0.5, 0.6) is 0 Å². The summed E-state index contributed by atoms with van der Waals surface area (Å²) in [6.45, 7) is 16.8. The molecule has 0 spiro atoms. The van der Waals surface area contributed by atoms with Crippen LogP contribution in [0.15, 0.2) is 0 Å². The number of hydrogen-bond donors (Lipinski definition) is 1. The summed E-state index contributed by atoms with van der Waals surface area (Å²) in [6.07, 6.45) is 0.133. The van der Waals surface area contributed by atoms with Gasteiger partial charge in [-0.3, -0.25) is 4.90 Å². The van der Waals surface area contributed by atoms with E-state index in [0.29, 0.717) is 6.04 Å². The number of aromatic nitrogens is 1. The molecule has 1 aliphatic rings. The molecule has 21 heavy (non-hydrogen) atoms. The summed E-state index contributed by atoms with van der Waals surface area (Å²) in [5, 5.41) is 4.67. The summed E-state index contributed by atoms with van der Waals surface area (Å²) in [4.78, 5) is 8.55. The zero-order valence-corrected chi connectivity index (χ0v) is 15.0. The van der Waals surface area contributed by atoms with Crippen molar-refractivity contribution in [2.75, 3.05) is 19.7 Å². The second-order valence-electron chi connectivity index (χ2n) is 7.11. The van der Waals surface area contributed by atoms with E-state index in [1.165, 1.54) is 4.88 Å². The third kappa shape index (κ3) is 4.74. The fraction of sp³-hybridized carbons (Fsp3) is 0.812. The molecule has 1 aromatic heterocycles. The largest absolute Gasteiger partial charge is 0.368 e. The lowest BCUT2D eigenvalue weighted by Crippen LogP contribution is -2.42. The van der Waals surface area contributed by atoms with Gasteiger partial charge in [-0.1, -0.05) is 0 Å². The van der Waals surface area contributed by atoms with E-state index in [-0.39, 0.29) is 11.6 Å². The van der Waals surface area contributed by atoms with Crippen molar-refractivity contribution in [2.45, 2.75) is 65.8 Å². The van der Waals surface area contributed by atoms with E-state index >= 15 is 0 Å². The molecule has 0 amide bonds. The number of rotatable bonds is 4. The Morgan fingerprint density at radius 1 is 1.43 bits per heavy atom. The van der Waals surface area contributed by atoms with E-state index in [1.54, 1.807) is 11.3 Å². The minimum Gasteiger partial charge on any atom is -0.368 e. The first-order valence-electron chi connectivity index (χ1n) is 7.83. The number of nitrogens with one attached hydrogen (secondary N) is 1. The molecule has 0 saturated carbocycles. The van der Waals surface area contributed by atoms with Gasteiger partial charge in [-0.25, -0.2) is 4.98 Å². The minimum atomic E-state index is 0.131. The third-order valence-corrected chi connectivity index (χ3v) is 5.04. The van der Waals surface area contributed by atoms with E-state index in [1.807, 2.05) is 0 Å². The Hall–Kier alpha value is -0.490. The second kappa shape index (κ2) is 6.73. The Morgan fingerprint density at radius 2 is 2.14 bits per heavy atom. The normalized spacial score (nSPS) is 21.2. The molecule has 4 nitrogen and oxygen atoms in total. The molecular formula is C16H29N3OS. The Kier molecular flexibility index (Phi) is 5.41. The van der Waals surface area contributed by atoms with Crippen molar-refractivity contribution in [3.8, 4) is 0 Å². The number of ether oxygens (including phenoxy) is 1. The number of aryl methyl sites for hydroxylation is 1. The van der Waals surface area contributed by atoms with Crippen molar-refractivity contribution in [2.24, 2.45) is 0 Å². The van der Waals surface area contributed by atoms with Gasteiger partial charge in [0.25, 0.3) is 0 Å². The number of thiazole rings is 1. The van der Waals surface area contributed by atoms with Crippen LogP contribution in [0.1, 0.15) is 56.3 Å². The Balaban J connectivity index is 2.04. The molecule has 0 aromatic carbocycles. The third-order valence-electron chi connectivity index (χ3n) is 3.79. The predicted molar refractivity (Wildman–Crippen MR) is 88.8 cm³/mol. The summed E-state index contributed by atoms with van der Waals surface area (Å²) in [6, 6.07) is 0.569. The van der Waals surface area contributed by atoms with Crippen LogP contribution in [-0.4, -0.2) is 41.2 Å². The molecule has 1 atom stereocenters. The predicted octanol–water partition coefficient (Wildman–Crippen LogP) is 3.12. The van der Waals surface area contributed by atoms with E-state index in [4.69, 9.17) is 9.72 Å². The molecule has 2 heterocycles. The summed E-state index contributed by atoms with van der Waals surface area (Å²) in [5.74, 6) is 0. The number of morpholine rings is 1. The summed E-state index contributed by atoms with van der Waals surface area (Å²) in [7, 11) is 0. The standard InChI is InChI=1S/C16H29N3OS/c1-11(2)19-7-8-20-13(10-19)15-18-12(3)14(21-15)9-17-16(4,5)6/h11,13,17H,7-10H2,1-6H3. The van der Waals surface area contributed by atoms with Gasteiger partial charge < -0.3 is 10.1 Å². The van der Waals surface area contributed by atoms with Gasteiger partial charge in [-0.15, -0.1) is 11.3 Å². The monoisotopic (exact) mass is 311 g/mol. The average molecular weight is 311 g/mol. The van der Waals surface area contributed by atoms with Gasteiger partial charge >= 0.3 is 0 Å². The van der Waals surface area contributed by atoms with Gasteiger partial charge in [-0.2, -0.15) is 0 Å². The van der Waals surface area contributed by atoms with Crippen molar-refractivity contribution < 1.29 is 4.74 Å². The molecule has 0 radical (unpaired) electrons. The fourth-order valence-corrected chi connectivity index (χ4v) is 3.43. The molecule has 2 rings (SSSR count). The van der Waals surface area contributed by atoms with Crippen molar-refractivity contribution in [3.63, 3.8) is 0 Å². The molecule has 120 valence electrons. The van der Waals surface area contributed by atoms with E-state index in [9.17, 15) is 0 Å². The first-order valence-corrected chi connectivity index (χ1v) is 8.65. The molecule has 5 heteroatoms. The first kappa shape index (κ1) is 16.9. The lowest BCUT2D eigenvalue weighted by molar-refractivity contribution is -0.0403. The van der Waals surface area contributed by atoms with Crippen molar-refractivity contribution >= 4 is 11.3 Å². The van der Waals surface area contributed by atoms with Gasteiger partial charge in [0, 0.05) is 36.1 Å². The molecule has 1 fully saturated rings. The SMILES string of the molecule is Cc1nc(C2CN(C(C)C)CCO2)sc1CNC(C)(C)C. The van der Waals surface area contributed by atoms with Crippen molar-refractivity contribution in [1.29, 1.82) is 0 Å². The highest BCUT2D eigenvalue weighted by Gasteiger charge is 2.26. The lowest BCUT2D eigenvalue weighted by Gasteiger charge is -2.34. The minimum absolute atomic E-state index is 0.131. The summed E-state index contributed by atoms with van der Waals surface area (Å²) in [5.41, 5.74) is 1.27. The van der Waals surface area contributed by atoms with Crippen LogP contribution < -0.4 is 5.32 Å². The van der Waals surface area contributed by atoms with Gasteiger partial charge in [0.15, 0.2) is 0 Å². The van der Waals surface area contributed by atoms with E-state index < -0.39 is 0 Å². The first-order chi connectivity index (χ1) is 9.76. The second-order valence-corrected chi connectivity index (χ2v) is 8.23. The van der Waals surface area contributed by atoms with Gasteiger partial charge in [0.1, 0.15) is 11.1 Å². The molecule has 1 unspecified atom stereocenters. The molecule has 1 N–H and O–H groups in total. The smallest absolute Gasteiger partial charge is 0.123 e. The van der Waals surface area contributed by atoms with Crippen LogP contribution >= 0.6 is 11.3 Å². The van der Waals surface area contributed by atoms with Gasteiger partial charge in [-0.05, 0) is 41.5 Å². The van der Waals surface area contributed by atoms with Crippen molar-refractivity contribution in [3.05, 3.63) is 15.6 Å². The topological polar surface area (TPSA) is 37.4 Å². The Labute approximate surface area is 132 Å². The lowest BCUT2D eigenvalue weighted by atomic mass is 10.1. The van der Waals surface area contributed by atoms with Crippen LogP contribution in [0.3, 0.4) is 0 Å². The Bertz CT molecular complexity index is 465. The molecule has 0 bridgehead atoms. The van der Waals surface area contributed by atoms with Crippen LogP contribution in [0, 0.1) is 6.92 Å². The number of hydrogen-bond acceptors (Lipinski definition) is 5. The van der Waals surface area contributed by atoms with Gasteiger partial charge in [0.05, 0.1) is 12.3 Å². The molecule has 1 saturated heterocycles. The number of nitrogens with zero attached hydrogens (tertiary/aromatic N) is 2. The maximum atomic E-state index is 5.94. The maximum absolute atomic E-state index is 5.94. The Morgan fingerprint density at radius 3 is 2.76 bits per heavy atom. The molecular weight excluding hydrogens is 282 g/mol. The zero-order valence-electron chi connectivity index (χ0n) is 14.2. The van der Waals surface area contributed by atoms with E-state index in [2.05, 4.69) is 51.8 Å².